The molecule has 3 N–H and O–H groups in total. The number of aromatic nitrogens is 2. The fourth-order valence-electron chi connectivity index (χ4n) is 1.54. The second-order valence-corrected chi connectivity index (χ2v) is 6.75. The monoisotopic (exact) mass is 325 g/mol. The molecule has 0 fully saturated rings. The van der Waals surface area contributed by atoms with Crippen molar-refractivity contribution in [1.82, 2.24) is 9.97 Å². The third kappa shape index (κ3) is 3.51. The average Bonchev–Trinajstić information content (AvgIpc) is 3.04. The predicted octanol–water partition coefficient (Wildman–Crippen LogP) is 3.01. The number of nitrogens with one attached hydrogen (secondary N) is 1. The van der Waals surface area contributed by atoms with Crippen molar-refractivity contribution in [2.75, 3.05) is 29.5 Å². The van der Waals surface area contributed by atoms with E-state index >= 15 is 0 Å². The van der Waals surface area contributed by atoms with Gasteiger partial charge in [-0.2, -0.15) is 0 Å². The second kappa shape index (κ2) is 6.40. The van der Waals surface area contributed by atoms with Crippen molar-refractivity contribution in [3.8, 4) is 0 Å². The first-order chi connectivity index (χ1) is 9.92. The van der Waals surface area contributed by atoms with Crippen molar-refractivity contribution >= 4 is 44.7 Å². The summed E-state index contributed by atoms with van der Waals surface area (Å²) < 4.78 is 0. The van der Waals surface area contributed by atoms with E-state index in [1.54, 1.807) is 0 Å². The number of carbonyl (C=O) groups is 1. The number of nitrogen functional groups attached to an aromatic ring is 1. The third-order valence-corrected chi connectivity index (χ3v) is 4.94. The van der Waals surface area contributed by atoms with Crippen LogP contribution in [0.15, 0.2) is 5.38 Å². The molecule has 0 saturated carbocycles. The summed E-state index contributed by atoms with van der Waals surface area (Å²) >= 11 is 2.70. The number of carbonyl (C=O) groups excluding carboxylic acids is 1. The zero-order chi connectivity index (χ0) is 15.6. The maximum absolute atomic E-state index is 12.3. The van der Waals surface area contributed by atoms with Crippen LogP contribution in [0, 0.1) is 0 Å². The highest BCUT2D eigenvalue weighted by atomic mass is 32.1. The molecule has 2 aromatic heterocycles. The van der Waals surface area contributed by atoms with Gasteiger partial charge in [0.05, 0.1) is 5.69 Å². The highest BCUT2D eigenvalue weighted by molar-refractivity contribution is 7.18. The molecule has 1 amide bonds. The minimum atomic E-state index is -0.259. The van der Waals surface area contributed by atoms with Gasteiger partial charge in [0.1, 0.15) is 10.7 Å². The molecule has 0 spiro atoms. The number of rotatable bonds is 5. The summed E-state index contributed by atoms with van der Waals surface area (Å²) in [7, 11) is 1.91. The third-order valence-electron chi connectivity index (χ3n) is 2.98. The summed E-state index contributed by atoms with van der Waals surface area (Å²) in [6.07, 6.45) is 0. The van der Waals surface area contributed by atoms with E-state index in [9.17, 15) is 4.79 Å². The van der Waals surface area contributed by atoms with Crippen LogP contribution in [0.5, 0.6) is 0 Å². The van der Waals surface area contributed by atoms with E-state index in [1.165, 1.54) is 22.7 Å². The van der Waals surface area contributed by atoms with Gasteiger partial charge >= 0.3 is 0 Å². The van der Waals surface area contributed by atoms with Crippen LogP contribution in [0.1, 0.15) is 42.1 Å². The van der Waals surface area contributed by atoms with Crippen LogP contribution in [-0.2, 0) is 0 Å². The molecular formula is C13H19N5OS2. The molecule has 0 aliphatic carbocycles. The lowest BCUT2D eigenvalue weighted by molar-refractivity contribution is 0.103. The molecule has 0 aliphatic heterocycles. The molecule has 0 bridgehead atoms. The molecule has 8 heteroatoms. The Bertz CT molecular complexity index is 634. The highest BCUT2D eigenvalue weighted by Gasteiger charge is 2.19. The van der Waals surface area contributed by atoms with Gasteiger partial charge in [-0.3, -0.25) is 10.1 Å². The first kappa shape index (κ1) is 15.7. The SMILES string of the molecule is CCN(C)c1nc(N)c(C(=O)Nc2nc(C(C)C)cs2)s1. The van der Waals surface area contributed by atoms with E-state index in [0.29, 0.717) is 15.9 Å². The topological polar surface area (TPSA) is 84.1 Å². The van der Waals surface area contributed by atoms with Crippen LogP contribution >= 0.6 is 22.7 Å². The Morgan fingerprint density at radius 1 is 1.48 bits per heavy atom. The van der Waals surface area contributed by atoms with Gasteiger partial charge in [-0.25, -0.2) is 9.97 Å². The van der Waals surface area contributed by atoms with Crippen LogP contribution in [0.3, 0.4) is 0 Å². The number of hydrogen-bond donors (Lipinski definition) is 2. The van der Waals surface area contributed by atoms with E-state index in [2.05, 4.69) is 29.1 Å². The van der Waals surface area contributed by atoms with E-state index < -0.39 is 0 Å². The van der Waals surface area contributed by atoms with Crippen molar-refractivity contribution in [2.24, 2.45) is 0 Å². The van der Waals surface area contributed by atoms with Crippen molar-refractivity contribution in [3.63, 3.8) is 0 Å². The Morgan fingerprint density at radius 3 is 2.76 bits per heavy atom. The Balaban J connectivity index is 2.14. The molecule has 114 valence electrons. The Morgan fingerprint density at radius 2 is 2.19 bits per heavy atom. The molecule has 2 heterocycles. The van der Waals surface area contributed by atoms with Crippen molar-refractivity contribution < 1.29 is 4.79 Å². The number of nitrogens with zero attached hydrogens (tertiary/aromatic N) is 3. The van der Waals surface area contributed by atoms with Gasteiger partial charge in [-0.1, -0.05) is 25.2 Å². The number of amides is 1. The van der Waals surface area contributed by atoms with Gasteiger partial charge in [0, 0.05) is 19.0 Å². The minimum absolute atomic E-state index is 0.258. The van der Waals surface area contributed by atoms with Crippen LogP contribution in [0.2, 0.25) is 0 Å². The van der Waals surface area contributed by atoms with Crippen LogP contribution in [-0.4, -0.2) is 29.5 Å². The molecule has 0 saturated heterocycles. The number of nitrogens with two attached hydrogens (primary N) is 1. The Hall–Kier alpha value is -1.67. The Labute approximate surface area is 132 Å². The zero-order valence-corrected chi connectivity index (χ0v) is 14.1. The fourth-order valence-corrected chi connectivity index (χ4v) is 3.32. The fraction of sp³-hybridized carbons (Fsp3) is 0.462. The number of hydrogen-bond acceptors (Lipinski definition) is 7. The molecule has 0 atom stereocenters. The largest absolute Gasteiger partial charge is 0.382 e. The number of anilines is 3. The average molecular weight is 325 g/mol. The smallest absolute Gasteiger partial charge is 0.271 e. The van der Waals surface area contributed by atoms with Crippen molar-refractivity contribution in [1.29, 1.82) is 0 Å². The summed E-state index contributed by atoms with van der Waals surface area (Å²) in [6.45, 7) is 6.95. The van der Waals surface area contributed by atoms with Crippen molar-refractivity contribution in [3.05, 3.63) is 16.0 Å². The molecule has 0 aliphatic rings. The predicted molar refractivity (Wildman–Crippen MR) is 89.6 cm³/mol. The molecule has 2 rings (SSSR count). The van der Waals surface area contributed by atoms with Gasteiger partial charge in [-0.05, 0) is 12.8 Å². The summed E-state index contributed by atoms with van der Waals surface area (Å²) in [4.78, 5) is 23.2. The zero-order valence-electron chi connectivity index (χ0n) is 12.5. The van der Waals surface area contributed by atoms with Gasteiger partial charge < -0.3 is 10.6 Å². The molecule has 0 unspecified atom stereocenters. The van der Waals surface area contributed by atoms with Crippen LogP contribution in [0.25, 0.3) is 0 Å². The van der Waals surface area contributed by atoms with Crippen LogP contribution < -0.4 is 16.0 Å². The van der Waals surface area contributed by atoms with Crippen molar-refractivity contribution in [2.45, 2.75) is 26.7 Å². The minimum Gasteiger partial charge on any atom is -0.382 e. The maximum Gasteiger partial charge on any atom is 0.271 e. The molecule has 6 nitrogen and oxygen atoms in total. The van der Waals surface area contributed by atoms with E-state index in [1.807, 2.05) is 24.3 Å². The first-order valence-electron chi connectivity index (χ1n) is 6.66. The summed E-state index contributed by atoms with van der Waals surface area (Å²) in [5, 5.41) is 6.06. The molecular weight excluding hydrogens is 306 g/mol. The lowest BCUT2D eigenvalue weighted by Crippen LogP contribution is -2.15. The molecule has 2 aromatic rings. The summed E-state index contributed by atoms with van der Waals surface area (Å²) in [5.41, 5.74) is 6.81. The van der Waals surface area contributed by atoms with Gasteiger partial charge in [0.2, 0.25) is 0 Å². The quantitative estimate of drug-likeness (QED) is 0.883. The Kier molecular flexibility index (Phi) is 4.79. The summed E-state index contributed by atoms with van der Waals surface area (Å²) in [5.74, 6) is 0.337. The maximum atomic E-state index is 12.3. The van der Waals surface area contributed by atoms with Gasteiger partial charge in [0.25, 0.3) is 5.91 Å². The molecule has 0 aromatic carbocycles. The van der Waals surface area contributed by atoms with E-state index in [-0.39, 0.29) is 11.7 Å². The lowest BCUT2D eigenvalue weighted by atomic mass is 10.2. The second-order valence-electron chi connectivity index (χ2n) is 4.91. The summed E-state index contributed by atoms with van der Waals surface area (Å²) in [6, 6.07) is 0. The first-order valence-corrected chi connectivity index (χ1v) is 8.36. The highest BCUT2D eigenvalue weighted by Crippen LogP contribution is 2.29. The van der Waals surface area contributed by atoms with E-state index in [4.69, 9.17) is 5.73 Å². The van der Waals surface area contributed by atoms with Gasteiger partial charge in [-0.15, -0.1) is 11.3 Å². The molecule has 0 radical (unpaired) electrons. The standard InChI is InChI=1S/C13H19N5OS2/c1-5-18(4)13-16-10(14)9(21-13)11(19)17-12-15-8(6-20-12)7(2)3/h6-7H,5,14H2,1-4H3,(H,15,17,19). The van der Waals surface area contributed by atoms with Crippen LogP contribution in [0.4, 0.5) is 16.1 Å². The van der Waals surface area contributed by atoms with Gasteiger partial charge in [0.15, 0.2) is 10.3 Å². The normalized spacial score (nSPS) is 10.9. The van der Waals surface area contributed by atoms with E-state index in [0.717, 1.165) is 17.4 Å². The number of thiazole rings is 2. The lowest BCUT2D eigenvalue weighted by Gasteiger charge is -2.10. The molecule has 21 heavy (non-hydrogen) atoms.